The Kier molecular flexibility index (Phi) is 4.30. The van der Waals surface area contributed by atoms with Gasteiger partial charge in [0.05, 0.1) is 5.92 Å². The second kappa shape index (κ2) is 5.99. The van der Waals surface area contributed by atoms with Gasteiger partial charge in [-0.05, 0) is 25.8 Å². The first-order chi connectivity index (χ1) is 9.88. The van der Waals surface area contributed by atoms with Crippen molar-refractivity contribution >= 4 is 11.9 Å². The lowest BCUT2D eigenvalue weighted by Crippen LogP contribution is -2.44. The van der Waals surface area contributed by atoms with Crippen LogP contribution in [0.3, 0.4) is 0 Å². The monoisotopic (exact) mass is 294 g/mol. The van der Waals surface area contributed by atoms with Gasteiger partial charge in [-0.2, -0.15) is 0 Å². The molecule has 114 valence electrons. The van der Waals surface area contributed by atoms with E-state index in [1.807, 2.05) is 0 Å². The Morgan fingerprint density at radius 2 is 2.10 bits per heavy atom. The molecule has 1 aliphatic heterocycles. The molecule has 7 heteroatoms. The minimum Gasteiger partial charge on any atom is -0.508 e. The van der Waals surface area contributed by atoms with Crippen LogP contribution >= 0.6 is 0 Å². The number of hydrogen-bond donors (Lipinski definition) is 2. The molecule has 1 unspecified atom stereocenters. The van der Waals surface area contributed by atoms with E-state index in [0.717, 1.165) is 6.07 Å². The van der Waals surface area contributed by atoms with Crippen molar-refractivity contribution in [2.75, 3.05) is 13.1 Å². The molecule has 1 fully saturated rings. The molecule has 0 aliphatic carbocycles. The summed E-state index contributed by atoms with van der Waals surface area (Å²) >= 11 is 0. The van der Waals surface area contributed by atoms with Gasteiger partial charge in [0.15, 0.2) is 0 Å². The van der Waals surface area contributed by atoms with E-state index in [0.29, 0.717) is 25.1 Å². The SMILES string of the molecule is Cc1cc(O)cc(=O)n1CC(=O)N1CCCC(C(=O)O)C1. The van der Waals surface area contributed by atoms with Gasteiger partial charge in [-0.25, -0.2) is 0 Å². The van der Waals surface area contributed by atoms with Crippen LogP contribution in [0.5, 0.6) is 5.75 Å². The first kappa shape index (κ1) is 15.1. The van der Waals surface area contributed by atoms with Crippen LogP contribution in [-0.4, -0.2) is 44.6 Å². The van der Waals surface area contributed by atoms with Gasteiger partial charge in [0, 0.05) is 24.8 Å². The number of aromatic nitrogens is 1. The maximum absolute atomic E-state index is 12.2. The Labute approximate surface area is 121 Å². The lowest BCUT2D eigenvalue weighted by Gasteiger charge is -2.31. The summed E-state index contributed by atoms with van der Waals surface area (Å²) in [5.74, 6) is -1.85. The van der Waals surface area contributed by atoms with Gasteiger partial charge in [0.25, 0.3) is 5.56 Å². The van der Waals surface area contributed by atoms with Crippen molar-refractivity contribution in [1.82, 2.24) is 9.47 Å². The number of amides is 1. The summed E-state index contributed by atoms with van der Waals surface area (Å²) in [4.78, 5) is 36.5. The van der Waals surface area contributed by atoms with E-state index >= 15 is 0 Å². The van der Waals surface area contributed by atoms with Gasteiger partial charge in [-0.15, -0.1) is 0 Å². The van der Waals surface area contributed by atoms with Gasteiger partial charge in [-0.1, -0.05) is 0 Å². The number of rotatable bonds is 3. The van der Waals surface area contributed by atoms with Crippen molar-refractivity contribution in [3.05, 3.63) is 28.2 Å². The molecule has 1 aliphatic rings. The van der Waals surface area contributed by atoms with E-state index < -0.39 is 17.4 Å². The van der Waals surface area contributed by atoms with Gasteiger partial charge >= 0.3 is 5.97 Å². The third-order valence-corrected chi connectivity index (χ3v) is 3.74. The smallest absolute Gasteiger partial charge is 0.308 e. The molecule has 7 nitrogen and oxygen atoms in total. The van der Waals surface area contributed by atoms with Crippen LogP contribution in [-0.2, 0) is 16.1 Å². The summed E-state index contributed by atoms with van der Waals surface area (Å²) in [6.45, 7) is 2.18. The summed E-state index contributed by atoms with van der Waals surface area (Å²) < 4.78 is 1.27. The molecule has 1 atom stereocenters. The Hall–Kier alpha value is -2.31. The molecular formula is C14H18N2O5. The van der Waals surface area contributed by atoms with Crippen molar-refractivity contribution in [3.63, 3.8) is 0 Å². The van der Waals surface area contributed by atoms with Crippen LogP contribution in [0, 0.1) is 12.8 Å². The highest BCUT2D eigenvalue weighted by molar-refractivity contribution is 5.78. The van der Waals surface area contributed by atoms with Crippen molar-refractivity contribution < 1.29 is 19.8 Å². The van der Waals surface area contributed by atoms with Gasteiger partial charge in [0.2, 0.25) is 5.91 Å². The van der Waals surface area contributed by atoms with E-state index in [4.69, 9.17) is 5.11 Å². The Balaban J connectivity index is 2.11. The number of hydrogen-bond acceptors (Lipinski definition) is 4. The second-order valence-electron chi connectivity index (χ2n) is 5.30. The fourth-order valence-corrected chi connectivity index (χ4v) is 2.55. The van der Waals surface area contributed by atoms with E-state index in [2.05, 4.69) is 0 Å². The second-order valence-corrected chi connectivity index (χ2v) is 5.30. The summed E-state index contributed by atoms with van der Waals surface area (Å²) in [6.07, 6.45) is 1.21. The maximum atomic E-state index is 12.2. The van der Waals surface area contributed by atoms with Crippen molar-refractivity contribution in [2.24, 2.45) is 5.92 Å². The number of pyridine rings is 1. The van der Waals surface area contributed by atoms with Gasteiger partial charge in [0.1, 0.15) is 12.3 Å². The zero-order valence-electron chi connectivity index (χ0n) is 11.8. The summed E-state index contributed by atoms with van der Waals surface area (Å²) in [5.41, 5.74) is 0.0350. The van der Waals surface area contributed by atoms with Crippen LogP contribution in [0.1, 0.15) is 18.5 Å². The molecule has 0 saturated carbocycles. The van der Waals surface area contributed by atoms with E-state index in [1.54, 1.807) is 6.92 Å². The maximum Gasteiger partial charge on any atom is 0.308 e. The molecule has 2 heterocycles. The largest absolute Gasteiger partial charge is 0.508 e. The summed E-state index contributed by atoms with van der Waals surface area (Å²) in [7, 11) is 0. The third-order valence-electron chi connectivity index (χ3n) is 3.74. The third kappa shape index (κ3) is 3.42. The fraction of sp³-hybridized carbons (Fsp3) is 0.500. The number of aliphatic carboxylic acids is 1. The van der Waals surface area contributed by atoms with Crippen LogP contribution in [0.2, 0.25) is 0 Å². The molecule has 1 aromatic rings. The first-order valence-electron chi connectivity index (χ1n) is 6.79. The van der Waals surface area contributed by atoms with E-state index in [9.17, 15) is 19.5 Å². The number of aromatic hydroxyl groups is 1. The highest BCUT2D eigenvalue weighted by atomic mass is 16.4. The molecule has 0 aromatic carbocycles. The first-order valence-corrected chi connectivity index (χ1v) is 6.79. The molecule has 0 spiro atoms. The lowest BCUT2D eigenvalue weighted by atomic mass is 9.98. The number of carboxylic acids is 1. The Bertz CT molecular complexity index is 622. The van der Waals surface area contributed by atoms with Gasteiger partial charge < -0.3 is 19.7 Å². The number of likely N-dealkylation sites (tertiary alicyclic amines) is 1. The minimum atomic E-state index is -0.898. The quantitative estimate of drug-likeness (QED) is 0.828. The molecule has 0 bridgehead atoms. The van der Waals surface area contributed by atoms with Crippen LogP contribution in [0.25, 0.3) is 0 Å². The van der Waals surface area contributed by atoms with Crippen molar-refractivity contribution in [2.45, 2.75) is 26.3 Å². The molecule has 1 saturated heterocycles. The normalized spacial score (nSPS) is 18.5. The molecule has 2 N–H and O–H groups in total. The predicted octanol–water partition coefficient (Wildman–Crippen LogP) is 0.186. The van der Waals surface area contributed by atoms with Crippen molar-refractivity contribution in [3.8, 4) is 5.75 Å². The molecule has 1 amide bonds. The lowest BCUT2D eigenvalue weighted by molar-refractivity contribution is -0.145. The fourth-order valence-electron chi connectivity index (χ4n) is 2.55. The molecule has 2 rings (SSSR count). The van der Waals surface area contributed by atoms with E-state index in [-0.39, 0.29) is 24.7 Å². The number of nitrogens with zero attached hydrogens (tertiary/aromatic N) is 2. The highest BCUT2D eigenvalue weighted by Gasteiger charge is 2.28. The number of carboxylic acid groups (broad SMARTS) is 1. The Morgan fingerprint density at radius 3 is 2.71 bits per heavy atom. The topological polar surface area (TPSA) is 99.8 Å². The minimum absolute atomic E-state index is 0.134. The molecule has 0 radical (unpaired) electrons. The van der Waals surface area contributed by atoms with Crippen LogP contribution in [0.4, 0.5) is 0 Å². The Morgan fingerprint density at radius 1 is 1.38 bits per heavy atom. The summed E-state index contributed by atoms with van der Waals surface area (Å²) in [5, 5.41) is 18.3. The average molecular weight is 294 g/mol. The standard InChI is InChI=1S/C14H18N2O5/c1-9-5-11(17)6-12(18)16(9)8-13(19)15-4-2-3-10(7-15)14(20)21/h5-6,10,17H,2-4,7-8H2,1H3,(H,20,21). The number of piperidine rings is 1. The molecule has 1 aromatic heterocycles. The predicted molar refractivity (Wildman–Crippen MR) is 74.0 cm³/mol. The molecular weight excluding hydrogens is 276 g/mol. The number of aryl methyl sites for hydroxylation is 1. The van der Waals surface area contributed by atoms with E-state index in [1.165, 1.54) is 15.5 Å². The van der Waals surface area contributed by atoms with Gasteiger partial charge in [-0.3, -0.25) is 14.4 Å². The zero-order chi connectivity index (χ0) is 15.6. The van der Waals surface area contributed by atoms with Crippen molar-refractivity contribution in [1.29, 1.82) is 0 Å². The number of carbonyl (C=O) groups excluding carboxylic acids is 1. The number of carbonyl (C=O) groups is 2. The average Bonchev–Trinajstić information content (AvgIpc) is 2.42. The summed E-state index contributed by atoms with van der Waals surface area (Å²) in [6, 6.07) is 2.46. The van der Waals surface area contributed by atoms with Crippen LogP contribution in [0.15, 0.2) is 16.9 Å². The van der Waals surface area contributed by atoms with Crippen LogP contribution < -0.4 is 5.56 Å². The highest BCUT2D eigenvalue weighted by Crippen LogP contribution is 2.17. The molecule has 21 heavy (non-hydrogen) atoms. The zero-order valence-corrected chi connectivity index (χ0v) is 11.8.